The highest BCUT2D eigenvalue weighted by Crippen LogP contribution is 2.41. The number of imidazole rings is 1. The normalized spacial score (nSPS) is 15.2. The Morgan fingerprint density at radius 2 is 1.84 bits per heavy atom. The fraction of sp³-hybridized carbons (Fsp3) is 0.120. The SMILES string of the molecule is COc1cc(C2C(C(=O)Nc3ccccc3)=C(C)Nc3nc4ccccc4n32)ccc1O. The van der Waals surface area contributed by atoms with Crippen LogP contribution < -0.4 is 15.4 Å². The first kappa shape index (κ1) is 19.7. The summed E-state index contributed by atoms with van der Waals surface area (Å²) >= 11 is 0. The van der Waals surface area contributed by atoms with Crippen molar-refractivity contribution in [3.05, 3.63) is 89.6 Å². The van der Waals surface area contributed by atoms with Crippen LogP contribution in [0.3, 0.4) is 0 Å². The maximum absolute atomic E-state index is 13.5. The van der Waals surface area contributed by atoms with E-state index in [0.717, 1.165) is 16.6 Å². The van der Waals surface area contributed by atoms with Gasteiger partial charge in [0.2, 0.25) is 5.95 Å². The van der Waals surface area contributed by atoms with Crippen LogP contribution in [0.2, 0.25) is 0 Å². The number of allylic oxidation sites excluding steroid dienone is 1. The lowest BCUT2D eigenvalue weighted by atomic mass is 9.94. The van der Waals surface area contributed by atoms with Crippen molar-refractivity contribution in [2.24, 2.45) is 0 Å². The predicted molar refractivity (Wildman–Crippen MR) is 124 cm³/mol. The van der Waals surface area contributed by atoms with E-state index in [9.17, 15) is 9.90 Å². The van der Waals surface area contributed by atoms with Crippen molar-refractivity contribution in [1.82, 2.24) is 9.55 Å². The summed E-state index contributed by atoms with van der Waals surface area (Å²) in [5.74, 6) is 0.808. The van der Waals surface area contributed by atoms with Gasteiger partial charge in [0.25, 0.3) is 5.91 Å². The van der Waals surface area contributed by atoms with Gasteiger partial charge >= 0.3 is 0 Å². The number of ether oxygens (including phenoxy) is 1. The maximum Gasteiger partial charge on any atom is 0.255 e. The van der Waals surface area contributed by atoms with Gasteiger partial charge in [-0.25, -0.2) is 4.98 Å². The minimum atomic E-state index is -0.475. The van der Waals surface area contributed by atoms with Gasteiger partial charge in [-0.3, -0.25) is 9.36 Å². The molecule has 1 aromatic heterocycles. The van der Waals surface area contributed by atoms with E-state index in [1.807, 2.05) is 66.1 Å². The summed E-state index contributed by atoms with van der Waals surface area (Å²) in [6.45, 7) is 1.87. The van der Waals surface area contributed by atoms with Crippen LogP contribution in [-0.4, -0.2) is 27.7 Å². The van der Waals surface area contributed by atoms with Crippen LogP contribution >= 0.6 is 0 Å². The van der Waals surface area contributed by atoms with Crippen molar-refractivity contribution in [1.29, 1.82) is 0 Å². The van der Waals surface area contributed by atoms with Gasteiger partial charge in [-0.15, -0.1) is 0 Å². The Bertz CT molecular complexity index is 1360. The Hall–Kier alpha value is -4.26. The average molecular weight is 426 g/mol. The number of fused-ring (bicyclic) bond motifs is 3. The van der Waals surface area contributed by atoms with Crippen molar-refractivity contribution in [3.8, 4) is 11.5 Å². The molecular formula is C25H22N4O3. The fourth-order valence-electron chi connectivity index (χ4n) is 4.16. The number of para-hydroxylation sites is 3. The topological polar surface area (TPSA) is 88.4 Å². The number of hydrogen-bond acceptors (Lipinski definition) is 5. The number of nitrogens with one attached hydrogen (secondary N) is 2. The fourth-order valence-corrected chi connectivity index (χ4v) is 4.16. The van der Waals surface area contributed by atoms with Crippen LogP contribution in [0.5, 0.6) is 11.5 Å². The number of amides is 1. The predicted octanol–water partition coefficient (Wildman–Crippen LogP) is 4.68. The Labute approximate surface area is 185 Å². The first-order valence-corrected chi connectivity index (χ1v) is 10.2. The van der Waals surface area contributed by atoms with Gasteiger partial charge in [0.05, 0.1) is 29.8 Å². The third-order valence-corrected chi connectivity index (χ3v) is 5.63. The number of aromatic nitrogens is 2. The molecule has 1 aliphatic heterocycles. The molecule has 7 heteroatoms. The summed E-state index contributed by atoms with van der Waals surface area (Å²) in [7, 11) is 1.50. The summed E-state index contributed by atoms with van der Waals surface area (Å²) < 4.78 is 7.35. The van der Waals surface area contributed by atoms with Crippen LogP contribution in [-0.2, 0) is 4.79 Å². The number of nitrogens with zero attached hydrogens (tertiary/aromatic N) is 2. The number of phenolic OH excluding ortho intramolecular Hbond substituents is 1. The van der Waals surface area contributed by atoms with E-state index in [-0.39, 0.29) is 11.7 Å². The highest BCUT2D eigenvalue weighted by atomic mass is 16.5. The van der Waals surface area contributed by atoms with Crippen LogP contribution in [0.4, 0.5) is 11.6 Å². The second-order valence-corrected chi connectivity index (χ2v) is 7.61. The van der Waals surface area contributed by atoms with E-state index in [0.29, 0.717) is 28.7 Å². The van der Waals surface area contributed by atoms with E-state index in [4.69, 9.17) is 9.72 Å². The Morgan fingerprint density at radius 3 is 2.62 bits per heavy atom. The van der Waals surface area contributed by atoms with Crippen molar-refractivity contribution in [3.63, 3.8) is 0 Å². The quantitative estimate of drug-likeness (QED) is 0.441. The number of carbonyl (C=O) groups is 1. The number of hydrogen-bond donors (Lipinski definition) is 3. The van der Waals surface area contributed by atoms with Crippen molar-refractivity contribution < 1.29 is 14.6 Å². The largest absolute Gasteiger partial charge is 0.504 e. The highest BCUT2D eigenvalue weighted by molar-refractivity contribution is 6.06. The lowest BCUT2D eigenvalue weighted by Gasteiger charge is -2.31. The van der Waals surface area contributed by atoms with Gasteiger partial charge in [0.1, 0.15) is 0 Å². The molecule has 3 N–H and O–H groups in total. The highest BCUT2D eigenvalue weighted by Gasteiger charge is 2.34. The van der Waals surface area contributed by atoms with Gasteiger partial charge in [0.15, 0.2) is 11.5 Å². The molecule has 0 saturated carbocycles. The monoisotopic (exact) mass is 426 g/mol. The third kappa shape index (κ3) is 3.24. The zero-order chi connectivity index (χ0) is 22.2. The van der Waals surface area contributed by atoms with Crippen LogP contribution in [0, 0.1) is 0 Å². The molecule has 1 aliphatic rings. The number of carbonyl (C=O) groups excluding carboxylic acids is 1. The number of phenols is 1. The van der Waals surface area contributed by atoms with Crippen molar-refractivity contribution in [2.75, 3.05) is 17.7 Å². The average Bonchev–Trinajstić information content (AvgIpc) is 3.17. The second-order valence-electron chi connectivity index (χ2n) is 7.61. The molecular weight excluding hydrogens is 404 g/mol. The van der Waals surface area contributed by atoms with Crippen LogP contribution in [0.15, 0.2) is 84.1 Å². The molecule has 0 bridgehead atoms. The summed E-state index contributed by atoms with van der Waals surface area (Å²) in [5, 5.41) is 16.4. The van der Waals surface area contributed by atoms with E-state index in [1.54, 1.807) is 18.2 Å². The molecule has 2 heterocycles. The van der Waals surface area contributed by atoms with Crippen LogP contribution in [0.25, 0.3) is 11.0 Å². The molecule has 0 radical (unpaired) electrons. The lowest BCUT2D eigenvalue weighted by Crippen LogP contribution is -2.30. The van der Waals surface area contributed by atoms with E-state index in [1.165, 1.54) is 7.11 Å². The van der Waals surface area contributed by atoms with Crippen molar-refractivity contribution in [2.45, 2.75) is 13.0 Å². The van der Waals surface area contributed by atoms with Crippen molar-refractivity contribution >= 4 is 28.6 Å². The zero-order valence-electron chi connectivity index (χ0n) is 17.7. The summed E-state index contributed by atoms with van der Waals surface area (Å²) in [6.07, 6.45) is 0. The van der Waals surface area contributed by atoms with E-state index < -0.39 is 6.04 Å². The number of benzene rings is 3. The molecule has 32 heavy (non-hydrogen) atoms. The molecule has 5 rings (SSSR count). The first-order valence-electron chi connectivity index (χ1n) is 10.2. The Morgan fingerprint density at radius 1 is 1.09 bits per heavy atom. The minimum absolute atomic E-state index is 0.0388. The molecule has 4 aromatic rings. The van der Waals surface area contributed by atoms with E-state index in [2.05, 4.69) is 10.6 Å². The molecule has 7 nitrogen and oxygen atoms in total. The van der Waals surface area contributed by atoms with Gasteiger partial charge in [-0.1, -0.05) is 36.4 Å². The summed E-state index contributed by atoms with van der Waals surface area (Å²) in [4.78, 5) is 18.3. The van der Waals surface area contributed by atoms with E-state index >= 15 is 0 Å². The third-order valence-electron chi connectivity index (χ3n) is 5.63. The first-order chi connectivity index (χ1) is 15.6. The van der Waals surface area contributed by atoms with Gasteiger partial charge in [-0.05, 0) is 48.9 Å². The number of anilines is 2. The molecule has 0 aliphatic carbocycles. The maximum atomic E-state index is 13.5. The minimum Gasteiger partial charge on any atom is -0.504 e. The van der Waals surface area contributed by atoms with Gasteiger partial charge in [-0.2, -0.15) is 0 Å². The molecule has 0 fully saturated rings. The summed E-state index contributed by atoms with van der Waals surface area (Å²) in [5.41, 5.74) is 4.48. The Balaban J connectivity index is 1.70. The Kier molecular flexibility index (Phi) is 4.78. The lowest BCUT2D eigenvalue weighted by molar-refractivity contribution is -0.113. The molecule has 160 valence electrons. The molecule has 1 atom stereocenters. The smallest absolute Gasteiger partial charge is 0.255 e. The second kappa shape index (κ2) is 7.77. The molecule has 1 unspecified atom stereocenters. The standard InChI is InChI=1S/C25H22N4O3/c1-15-22(24(31)27-17-8-4-3-5-9-17)23(16-12-13-20(30)21(14-16)32-2)29-19-11-7-6-10-18(19)28-25(29)26-15/h3-14,23,30H,1-2H3,(H,26,28)(H,27,31). The molecule has 1 amide bonds. The molecule has 3 aromatic carbocycles. The molecule has 0 spiro atoms. The van der Waals surface area contributed by atoms with Crippen LogP contribution in [0.1, 0.15) is 18.5 Å². The number of rotatable bonds is 4. The van der Waals surface area contributed by atoms with Gasteiger partial charge < -0.3 is 20.5 Å². The summed E-state index contributed by atoms with van der Waals surface area (Å²) in [6, 6.07) is 21.8. The number of methoxy groups -OCH3 is 1. The molecule has 0 saturated heterocycles. The zero-order valence-corrected chi connectivity index (χ0v) is 17.7. The number of aromatic hydroxyl groups is 1. The van der Waals surface area contributed by atoms with Gasteiger partial charge in [0, 0.05) is 11.4 Å².